The summed E-state index contributed by atoms with van der Waals surface area (Å²) in [5.41, 5.74) is 14.1. The Bertz CT molecular complexity index is 458. The normalized spacial score (nSPS) is 24.1. The highest BCUT2D eigenvalue weighted by atomic mass is 16.1. The Morgan fingerprint density at radius 3 is 2.72 bits per heavy atom. The summed E-state index contributed by atoms with van der Waals surface area (Å²) >= 11 is 0. The van der Waals surface area contributed by atoms with Crippen molar-refractivity contribution < 1.29 is 4.79 Å². The molecule has 0 bridgehead atoms. The van der Waals surface area contributed by atoms with Gasteiger partial charge in [-0.05, 0) is 43.0 Å². The number of hydrogen-bond acceptors (Lipinski definition) is 3. The summed E-state index contributed by atoms with van der Waals surface area (Å²) in [7, 11) is 0. The summed E-state index contributed by atoms with van der Waals surface area (Å²) in [6, 6.07) is 5.99. The van der Waals surface area contributed by atoms with Gasteiger partial charge in [-0.3, -0.25) is 4.79 Å². The van der Waals surface area contributed by atoms with E-state index in [0.29, 0.717) is 11.5 Å². The molecule has 2 atom stereocenters. The van der Waals surface area contributed by atoms with E-state index in [0.717, 1.165) is 30.8 Å². The summed E-state index contributed by atoms with van der Waals surface area (Å²) < 4.78 is 0. The maximum absolute atomic E-state index is 11.2. The van der Waals surface area contributed by atoms with Crippen LogP contribution in [0.3, 0.4) is 0 Å². The van der Waals surface area contributed by atoms with Crippen LogP contribution >= 0.6 is 0 Å². The van der Waals surface area contributed by atoms with Crippen LogP contribution < -0.4 is 16.4 Å². The van der Waals surface area contributed by atoms with E-state index in [2.05, 4.69) is 11.8 Å². The highest BCUT2D eigenvalue weighted by molar-refractivity contribution is 5.94. The molecule has 0 aromatic heterocycles. The van der Waals surface area contributed by atoms with Gasteiger partial charge in [0.15, 0.2) is 0 Å². The Hall–Kier alpha value is -1.55. The molecular formula is C14H21N3O. The standard InChI is InChI=1S/C14H21N3O/c1-9-5-6-17(8-13(9)15)11-3-4-12(14(16)18)10(2)7-11/h3-4,7,9,13H,5-6,8,15H2,1-2H3,(H2,16,18). The smallest absolute Gasteiger partial charge is 0.248 e. The van der Waals surface area contributed by atoms with E-state index < -0.39 is 0 Å². The van der Waals surface area contributed by atoms with Gasteiger partial charge in [0.2, 0.25) is 5.91 Å². The molecule has 4 nitrogen and oxygen atoms in total. The van der Waals surface area contributed by atoms with Gasteiger partial charge in [0.05, 0.1) is 0 Å². The number of hydrogen-bond donors (Lipinski definition) is 2. The molecule has 2 unspecified atom stereocenters. The van der Waals surface area contributed by atoms with Crippen molar-refractivity contribution in [3.8, 4) is 0 Å². The van der Waals surface area contributed by atoms with Crippen LogP contribution in [0, 0.1) is 12.8 Å². The van der Waals surface area contributed by atoms with Crippen LogP contribution in [0.25, 0.3) is 0 Å². The zero-order chi connectivity index (χ0) is 13.3. The molecule has 4 heteroatoms. The Morgan fingerprint density at radius 2 is 2.17 bits per heavy atom. The lowest BCUT2D eigenvalue weighted by Crippen LogP contribution is -2.47. The van der Waals surface area contributed by atoms with Crippen molar-refractivity contribution in [2.24, 2.45) is 17.4 Å². The molecule has 1 aliphatic heterocycles. The largest absolute Gasteiger partial charge is 0.370 e. The van der Waals surface area contributed by atoms with Crippen molar-refractivity contribution in [3.05, 3.63) is 29.3 Å². The average molecular weight is 247 g/mol. The second-order valence-corrected chi connectivity index (χ2v) is 5.24. The Morgan fingerprint density at radius 1 is 1.44 bits per heavy atom. The molecule has 1 fully saturated rings. The number of amides is 1. The van der Waals surface area contributed by atoms with Crippen LogP contribution in [0.2, 0.25) is 0 Å². The van der Waals surface area contributed by atoms with Crippen molar-refractivity contribution in [3.63, 3.8) is 0 Å². The maximum Gasteiger partial charge on any atom is 0.248 e. The second-order valence-electron chi connectivity index (χ2n) is 5.24. The number of anilines is 1. The molecule has 0 radical (unpaired) electrons. The van der Waals surface area contributed by atoms with Gasteiger partial charge in [-0.25, -0.2) is 0 Å². The maximum atomic E-state index is 11.2. The van der Waals surface area contributed by atoms with Crippen molar-refractivity contribution in [2.75, 3.05) is 18.0 Å². The minimum atomic E-state index is -0.372. The third-order valence-electron chi connectivity index (χ3n) is 3.86. The first-order valence-electron chi connectivity index (χ1n) is 6.40. The van der Waals surface area contributed by atoms with E-state index in [1.165, 1.54) is 0 Å². The summed E-state index contributed by atoms with van der Waals surface area (Å²) in [5, 5.41) is 0. The molecule has 18 heavy (non-hydrogen) atoms. The van der Waals surface area contributed by atoms with Gasteiger partial charge in [0, 0.05) is 30.4 Å². The van der Waals surface area contributed by atoms with E-state index in [1.807, 2.05) is 19.1 Å². The van der Waals surface area contributed by atoms with Crippen molar-refractivity contribution in [1.82, 2.24) is 0 Å². The topological polar surface area (TPSA) is 72.3 Å². The summed E-state index contributed by atoms with van der Waals surface area (Å²) in [6.07, 6.45) is 1.11. The van der Waals surface area contributed by atoms with Crippen LogP contribution in [0.1, 0.15) is 29.3 Å². The van der Waals surface area contributed by atoms with Gasteiger partial charge in [0.1, 0.15) is 0 Å². The molecular weight excluding hydrogens is 226 g/mol. The lowest BCUT2D eigenvalue weighted by molar-refractivity contribution is 0.0999. The summed E-state index contributed by atoms with van der Waals surface area (Å²) in [5.74, 6) is 0.204. The zero-order valence-corrected chi connectivity index (χ0v) is 11.0. The Balaban J connectivity index is 2.19. The van der Waals surface area contributed by atoms with Crippen LogP contribution in [0.4, 0.5) is 5.69 Å². The van der Waals surface area contributed by atoms with E-state index in [4.69, 9.17) is 11.5 Å². The first-order valence-corrected chi connectivity index (χ1v) is 6.40. The van der Waals surface area contributed by atoms with Crippen LogP contribution in [0.15, 0.2) is 18.2 Å². The number of rotatable bonds is 2. The molecule has 0 spiro atoms. The molecule has 98 valence electrons. The van der Waals surface area contributed by atoms with Crippen molar-refractivity contribution in [2.45, 2.75) is 26.3 Å². The molecule has 1 amide bonds. The molecule has 0 aliphatic carbocycles. The number of primary amides is 1. The fourth-order valence-corrected chi connectivity index (χ4v) is 2.45. The van der Waals surface area contributed by atoms with Crippen LogP contribution in [-0.4, -0.2) is 25.0 Å². The number of nitrogens with zero attached hydrogens (tertiary/aromatic N) is 1. The first-order chi connectivity index (χ1) is 8.49. The van der Waals surface area contributed by atoms with Crippen LogP contribution in [0.5, 0.6) is 0 Å². The quantitative estimate of drug-likeness (QED) is 0.826. The van der Waals surface area contributed by atoms with E-state index >= 15 is 0 Å². The number of nitrogens with two attached hydrogens (primary N) is 2. The summed E-state index contributed by atoms with van der Waals surface area (Å²) in [6.45, 7) is 6.00. The monoisotopic (exact) mass is 247 g/mol. The molecule has 4 N–H and O–H groups in total. The molecule has 0 saturated carbocycles. The first kappa shape index (κ1) is 12.9. The van der Waals surface area contributed by atoms with Crippen molar-refractivity contribution >= 4 is 11.6 Å². The predicted molar refractivity (Wildman–Crippen MR) is 73.7 cm³/mol. The predicted octanol–water partition coefficient (Wildman–Crippen LogP) is 1.27. The Kier molecular flexibility index (Phi) is 3.57. The van der Waals surface area contributed by atoms with Gasteiger partial charge < -0.3 is 16.4 Å². The zero-order valence-electron chi connectivity index (χ0n) is 11.0. The number of carbonyl (C=O) groups is 1. The number of benzene rings is 1. The lowest BCUT2D eigenvalue weighted by Gasteiger charge is -2.36. The fourth-order valence-electron chi connectivity index (χ4n) is 2.45. The highest BCUT2D eigenvalue weighted by Gasteiger charge is 2.23. The van der Waals surface area contributed by atoms with E-state index in [1.54, 1.807) is 6.07 Å². The second kappa shape index (κ2) is 4.98. The molecule has 1 aromatic rings. The minimum absolute atomic E-state index is 0.217. The molecule has 1 saturated heterocycles. The minimum Gasteiger partial charge on any atom is -0.370 e. The molecule has 1 aliphatic rings. The van der Waals surface area contributed by atoms with Gasteiger partial charge >= 0.3 is 0 Å². The number of piperidine rings is 1. The SMILES string of the molecule is Cc1cc(N2CCC(C)C(N)C2)ccc1C(N)=O. The number of aryl methyl sites for hydroxylation is 1. The van der Waals surface area contributed by atoms with Gasteiger partial charge in [0.25, 0.3) is 0 Å². The summed E-state index contributed by atoms with van der Waals surface area (Å²) in [4.78, 5) is 13.5. The van der Waals surface area contributed by atoms with E-state index in [9.17, 15) is 4.79 Å². The third-order valence-corrected chi connectivity index (χ3v) is 3.86. The van der Waals surface area contributed by atoms with Gasteiger partial charge in [-0.1, -0.05) is 6.92 Å². The highest BCUT2D eigenvalue weighted by Crippen LogP contribution is 2.24. The fraction of sp³-hybridized carbons (Fsp3) is 0.500. The average Bonchev–Trinajstić information content (AvgIpc) is 2.32. The van der Waals surface area contributed by atoms with Gasteiger partial charge in [-0.15, -0.1) is 0 Å². The van der Waals surface area contributed by atoms with Crippen molar-refractivity contribution in [1.29, 1.82) is 0 Å². The lowest BCUT2D eigenvalue weighted by atomic mass is 9.93. The van der Waals surface area contributed by atoms with E-state index in [-0.39, 0.29) is 11.9 Å². The Labute approximate surface area is 108 Å². The number of carbonyl (C=O) groups excluding carboxylic acids is 1. The molecule has 1 aromatic carbocycles. The van der Waals surface area contributed by atoms with Gasteiger partial charge in [-0.2, -0.15) is 0 Å². The third kappa shape index (κ3) is 2.48. The van der Waals surface area contributed by atoms with Crippen LogP contribution in [-0.2, 0) is 0 Å². The molecule has 2 rings (SSSR count). The molecule has 1 heterocycles.